The molecule has 1 saturated heterocycles. The van der Waals surface area contributed by atoms with Crippen LogP contribution in [0.5, 0.6) is 0 Å². The van der Waals surface area contributed by atoms with Gasteiger partial charge in [-0.3, -0.25) is 0 Å². The topological polar surface area (TPSA) is 32.3 Å². The van der Waals surface area contributed by atoms with Crippen molar-refractivity contribution in [2.45, 2.75) is 32.7 Å². The molecular weight excluding hydrogens is 291 g/mol. The fourth-order valence-corrected chi connectivity index (χ4v) is 3.03. The van der Waals surface area contributed by atoms with Crippen molar-refractivity contribution in [3.63, 3.8) is 0 Å². The molecule has 0 N–H and O–H groups in total. The molecule has 2 heterocycles. The van der Waals surface area contributed by atoms with E-state index in [1.807, 2.05) is 24.4 Å². The van der Waals surface area contributed by atoms with E-state index in [0.29, 0.717) is 11.6 Å². The third-order valence-corrected chi connectivity index (χ3v) is 4.29. The Hall–Kier alpha value is -2.17. The second-order valence-electron chi connectivity index (χ2n) is 6.37. The van der Waals surface area contributed by atoms with Crippen molar-refractivity contribution >= 4 is 11.5 Å². The van der Waals surface area contributed by atoms with Gasteiger partial charge in [0.1, 0.15) is 17.5 Å². The molecule has 3 rings (SSSR count). The number of rotatable bonds is 3. The van der Waals surface area contributed by atoms with Gasteiger partial charge in [0.05, 0.1) is 5.69 Å². The molecule has 1 aliphatic rings. The van der Waals surface area contributed by atoms with Gasteiger partial charge < -0.3 is 9.80 Å². The minimum atomic E-state index is -0.155. The monoisotopic (exact) mass is 314 g/mol. The molecule has 0 saturated carbocycles. The van der Waals surface area contributed by atoms with Gasteiger partial charge in [0.25, 0.3) is 0 Å². The van der Waals surface area contributed by atoms with E-state index in [4.69, 9.17) is 0 Å². The van der Waals surface area contributed by atoms with Crippen LogP contribution in [0.4, 0.5) is 15.9 Å². The summed E-state index contributed by atoms with van der Waals surface area (Å²) >= 11 is 0. The lowest BCUT2D eigenvalue weighted by molar-refractivity contribution is 0.532. The summed E-state index contributed by atoms with van der Waals surface area (Å²) in [5.74, 6) is 1.98. The summed E-state index contributed by atoms with van der Waals surface area (Å²) in [6.07, 6.45) is 1.83. The molecule has 0 radical (unpaired) electrons. The molecule has 23 heavy (non-hydrogen) atoms. The van der Waals surface area contributed by atoms with Crippen molar-refractivity contribution in [2.24, 2.45) is 0 Å². The number of aromatic nitrogens is 2. The van der Waals surface area contributed by atoms with Crippen molar-refractivity contribution in [2.75, 3.05) is 29.4 Å². The van der Waals surface area contributed by atoms with Gasteiger partial charge in [0.15, 0.2) is 0 Å². The highest BCUT2D eigenvalue weighted by Crippen LogP contribution is 2.25. The number of hydrogen-bond acceptors (Lipinski definition) is 4. The smallest absolute Gasteiger partial charge is 0.146 e. The van der Waals surface area contributed by atoms with Gasteiger partial charge >= 0.3 is 0 Å². The van der Waals surface area contributed by atoms with Crippen molar-refractivity contribution in [1.82, 2.24) is 9.97 Å². The van der Waals surface area contributed by atoms with Crippen LogP contribution in [0.1, 0.15) is 32.5 Å². The number of para-hydroxylation sites is 1. The Bertz CT molecular complexity index is 674. The minimum Gasteiger partial charge on any atom is -0.365 e. The van der Waals surface area contributed by atoms with Crippen LogP contribution in [0.2, 0.25) is 0 Å². The quantitative estimate of drug-likeness (QED) is 0.868. The molecule has 1 aromatic carbocycles. The van der Waals surface area contributed by atoms with E-state index in [2.05, 4.69) is 40.5 Å². The molecule has 1 aliphatic heterocycles. The Morgan fingerprint density at radius 1 is 1.17 bits per heavy atom. The standard InChI is InChI=1S/C18H23FN4/c1-13(2)18-20-9-8-17(21-18)23-11-10-22(12-14(23)3)16-7-5-4-6-15(16)19/h4-9,13-14H,10-12H2,1-3H3. The minimum absolute atomic E-state index is 0.155. The Labute approximate surface area is 137 Å². The number of benzene rings is 1. The molecule has 1 unspecified atom stereocenters. The average Bonchev–Trinajstić information content (AvgIpc) is 2.55. The van der Waals surface area contributed by atoms with Crippen LogP contribution >= 0.6 is 0 Å². The third kappa shape index (κ3) is 3.28. The van der Waals surface area contributed by atoms with E-state index in [-0.39, 0.29) is 11.9 Å². The summed E-state index contributed by atoms with van der Waals surface area (Å²) in [5, 5.41) is 0. The molecule has 1 atom stereocenters. The van der Waals surface area contributed by atoms with E-state index < -0.39 is 0 Å². The highest BCUT2D eigenvalue weighted by molar-refractivity contribution is 5.51. The summed E-state index contributed by atoms with van der Waals surface area (Å²) in [6, 6.07) is 9.20. The summed E-state index contributed by atoms with van der Waals surface area (Å²) in [5.41, 5.74) is 0.685. The van der Waals surface area contributed by atoms with Gasteiger partial charge in [-0.2, -0.15) is 0 Å². The predicted molar refractivity (Wildman–Crippen MR) is 91.5 cm³/mol. The lowest BCUT2D eigenvalue weighted by Crippen LogP contribution is -2.52. The molecule has 0 aliphatic carbocycles. The zero-order valence-corrected chi connectivity index (χ0v) is 13.9. The molecule has 5 heteroatoms. The Balaban J connectivity index is 1.77. The van der Waals surface area contributed by atoms with Crippen molar-refractivity contribution < 1.29 is 4.39 Å². The van der Waals surface area contributed by atoms with Gasteiger partial charge in [0.2, 0.25) is 0 Å². The van der Waals surface area contributed by atoms with E-state index in [1.54, 1.807) is 6.07 Å². The number of nitrogens with zero attached hydrogens (tertiary/aromatic N) is 4. The van der Waals surface area contributed by atoms with Crippen molar-refractivity contribution in [1.29, 1.82) is 0 Å². The van der Waals surface area contributed by atoms with Crippen LogP contribution in [0.3, 0.4) is 0 Å². The number of anilines is 2. The lowest BCUT2D eigenvalue weighted by Gasteiger charge is -2.41. The van der Waals surface area contributed by atoms with Crippen LogP contribution in [-0.4, -0.2) is 35.6 Å². The SMILES string of the molecule is CC(C)c1nccc(N2CCN(c3ccccc3F)CC2C)n1. The number of halogens is 1. The van der Waals surface area contributed by atoms with Gasteiger partial charge in [-0.15, -0.1) is 0 Å². The lowest BCUT2D eigenvalue weighted by atomic mass is 10.1. The summed E-state index contributed by atoms with van der Waals surface area (Å²) < 4.78 is 14.0. The summed E-state index contributed by atoms with van der Waals surface area (Å²) in [6.45, 7) is 8.74. The van der Waals surface area contributed by atoms with Gasteiger partial charge in [-0.25, -0.2) is 14.4 Å². The highest BCUT2D eigenvalue weighted by Gasteiger charge is 2.26. The summed E-state index contributed by atoms with van der Waals surface area (Å²) in [4.78, 5) is 13.4. The van der Waals surface area contributed by atoms with Crippen LogP contribution in [-0.2, 0) is 0 Å². The number of hydrogen-bond donors (Lipinski definition) is 0. The van der Waals surface area contributed by atoms with Gasteiger partial charge in [-0.05, 0) is 25.1 Å². The molecule has 1 fully saturated rings. The van der Waals surface area contributed by atoms with E-state index >= 15 is 0 Å². The summed E-state index contributed by atoms with van der Waals surface area (Å²) in [7, 11) is 0. The van der Waals surface area contributed by atoms with Crippen LogP contribution in [0, 0.1) is 5.82 Å². The van der Waals surface area contributed by atoms with Crippen LogP contribution in [0.15, 0.2) is 36.5 Å². The van der Waals surface area contributed by atoms with E-state index in [9.17, 15) is 4.39 Å². The van der Waals surface area contributed by atoms with Gasteiger partial charge in [-0.1, -0.05) is 26.0 Å². The third-order valence-electron chi connectivity index (χ3n) is 4.29. The Morgan fingerprint density at radius 2 is 1.96 bits per heavy atom. The first-order valence-electron chi connectivity index (χ1n) is 8.15. The maximum atomic E-state index is 14.0. The molecular formula is C18H23FN4. The molecule has 2 aromatic rings. The molecule has 0 spiro atoms. The Morgan fingerprint density at radius 3 is 2.65 bits per heavy atom. The molecule has 1 aromatic heterocycles. The predicted octanol–water partition coefficient (Wildman–Crippen LogP) is 3.45. The van der Waals surface area contributed by atoms with Crippen molar-refractivity contribution in [3.8, 4) is 0 Å². The number of piperazine rings is 1. The van der Waals surface area contributed by atoms with Crippen molar-refractivity contribution in [3.05, 3.63) is 48.2 Å². The van der Waals surface area contributed by atoms with Crippen LogP contribution < -0.4 is 9.80 Å². The molecule has 122 valence electrons. The van der Waals surface area contributed by atoms with Crippen LogP contribution in [0.25, 0.3) is 0 Å². The van der Waals surface area contributed by atoms with Gasteiger partial charge in [0, 0.05) is 37.8 Å². The zero-order chi connectivity index (χ0) is 16.4. The van der Waals surface area contributed by atoms with E-state index in [0.717, 1.165) is 31.3 Å². The fraction of sp³-hybridized carbons (Fsp3) is 0.444. The van der Waals surface area contributed by atoms with E-state index in [1.165, 1.54) is 6.07 Å². The molecule has 4 nitrogen and oxygen atoms in total. The Kier molecular flexibility index (Phi) is 4.46. The maximum Gasteiger partial charge on any atom is 0.146 e. The second-order valence-corrected chi connectivity index (χ2v) is 6.37. The first-order chi connectivity index (χ1) is 11.1. The largest absolute Gasteiger partial charge is 0.365 e. The average molecular weight is 314 g/mol. The first-order valence-corrected chi connectivity index (χ1v) is 8.15. The highest BCUT2D eigenvalue weighted by atomic mass is 19.1. The maximum absolute atomic E-state index is 14.0. The zero-order valence-electron chi connectivity index (χ0n) is 13.9. The first kappa shape index (κ1) is 15.7. The normalized spacial score (nSPS) is 18.6. The molecule has 0 amide bonds. The molecule has 0 bridgehead atoms. The second kappa shape index (κ2) is 6.52. The fourth-order valence-electron chi connectivity index (χ4n) is 3.03.